The number of amides is 2. The highest BCUT2D eigenvalue weighted by Crippen LogP contribution is 2.40. The van der Waals surface area contributed by atoms with E-state index in [1.165, 1.54) is 7.05 Å². The quantitative estimate of drug-likeness (QED) is 0.641. The molecule has 0 saturated heterocycles. The number of primary amides is 1. The van der Waals surface area contributed by atoms with Gasteiger partial charge in [-0.2, -0.15) is 0 Å². The third-order valence-corrected chi connectivity index (χ3v) is 4.20. The largest absolute Gasteiger partial charge is 0.397 e. The third kappa shape index (κ3) is 2.13. The molecule has 1 aromatic heterocycles. The van der Waals surface area contributed by atoms with Crippen molar-refractivity contribution < 1.29 is 9.59 Å². The molecule has 1 aliphatic rings. The number of nitrogen functional groups attached to an aromatic ring is 1. The Bertz CT molecular complexity index is 511. The molecule has 0 aliphatic heterocycles. The number of hydrogen-bond acceptors (Lipinski definition) is 5. The minimum atomic E-state index is -0.612. The zero-order valence-corrected chi connectivity index (χ0v) is 11.1. The van der Waals surface area contributed by atoms with Gasteiger partial charge in [0, 0.05) is 13.1 Å². The predicted octanol–water partition coefficient (Wildman–Crippen LogP) is 0.609. The van der Waals surface area contributed by atoms with Gasteiger partial charge in [-0.25, -0.2) is 0 Å². The molecule has 0 bridgehead atoms. The first-order valence-electron chi connectivity index (χ1n) is 5.66. The summed E-state index contributed by atoms with van der Waals surface area (Å²) < 4.78 is 0. The van der Waals surface area contributed by atoms with Crippen LogP contribution in [0.15, 0.2) is 0 Å². The topological polar surface area (TPSA) is 110 Å². The van der Waals surface area contributed by atoms with E-state index in [9.17, 15) is 9.59 Å². The summed E-state index contributed by atoms with van der Waals surface area (Å²) in [5.74, 6) is -0.352. The summed E-state index contributed by atoms with van der Waals surface area (Å²) in [5.41, 5.74) is 11.5. The molecule has 0 aromatic carbocycles. The molecule has 2 amide bonds. The van der Waals surface area contributed by atoms with Gasteiger partial charge in [0.1, 0.15) is 9.88 Å². The first kappa shape index (κ1) is 12.7. The average molecular weight is 268 g/mol. The van der Waals surface area contributed by atoms with E-state index in [0.717, 1.165) is 17.8 Å². The van der Waals surface area contributed by atoms with Gasteiger partial charge in [0.05, 0.1) is 11.3 Å². The van der Waals surface area contributed by atoms with Crippen molar-refractivity contribution in [1.29, 1.82) is 0 Å². The second-order valence-electron chi connectivity index (χ2n) is 4.46. The highest BCUT2D eigenvalue weighted by atomic mass is 32.1. The molecule has 1 aromatic rings. The summed E-state index contributed by atoms with van der Waals surface area (Å²) in [4.78, 5) is 23.3. The minimum Gasteiger partial charge on any atom is -0.397 e. The number of carbonyl (C=O) groups is 2. The van der Waals surface area contributed by atoms with Crippen LogP contribution in [0.25, 0.3) is 0 Å². The number of anilines is 2. The Morgan fingerprint density at radius 3 is 2.50 bits per heavy atom. The fraction of sp³-hybridized carbons (Fsp3) is 0.455. The van der Waals surface area contributed by atoms with Crippen LogP contribution < -0.4 is 22.1 Å². The molecule has 0 radical (unpaired) electrons. The molecule has 0 spiro atoms. The molecule has 6 nitrogen and oxygen atoms in total. The number of carbonyl (C=O) groups excluding carboxylic acids is 2. The molecule has 2 rings (SSSR count). The Labute approximate surface area is 109 Å². The second-order valence-corrected chi connectivity index (χ2v) is 5.48. The van der Waals surface area contributed by atoms with Crippen molar-refractivity contribution in [3.63, 3.8) is 0 Å². The van der Waals surface area contributed by atoms with Crippen molar-refractivity contribution in [2.45, 2.75) is 19.4 Å². The molecule has 2 unspecified atom stereocenters. The van der Waals surface area contributed by atoms with E-state index in [0.29, 0.717) is 22.5 Å². The van der Waals surface area contributed by atoms with E-state index in [1.807, 2.05) is 0 Å². The summed E-state index contributed by atoms with van der Waals surface area (Å²) in [6, 6.07) is 0.340. The summed E-state index contributed by atoms with van der Waals surface area (Å²) in [5, 5.41) is 6.37. The SMILES string of the molecule is CNC(=O)c1c(NC2CC2C)sc(C(N)=O)c1N. The molecule has 1 aliphatic carbocycles. The lowest BCUT2D eigenvalue weighted by atomic mass is 10.2. The number of nitrogens with two attached hydrogens (primary N) is 2. The second kappa shape index (κ2) is 4.49. The summed E-state index contributed by atoms with van der Waals surface area (Å²) in [6.45, 7) is 2.11. The van der Waals surface area contributed by atoms with Crippen molar-refractivity contribution in [3.05, 3.63) is 10.4 Å². The third-order valence-electron chi connectivity index (χ3n) is 3.05. The zero-order valence-electron chi connectivity index (χ0n) is 10.2. The van der Waals surface area contributed by atoms with Gasteiger partial charge < -0.3 is 22.1 Å². The molecular weight excluding hydrogens is 252 g/mol. The van der Waals surface area contributed by atoms with Gasteiger partial charge in [-0.15, -0.1) is 11.3 Å². The van der Waals surface area contributed by atoms with Gasteiger partial charge in [-0.3, -0.25) is 9.59 Å². The van der Waals surface area contributed by atoms with E-state index in [1.54, 1.807) is 0 Å². The van der Waals surface area contributed by atoms with E-state index >= 15 is 0 Å². The van der Waals surface area contributed by atoms with Crippen LogP contribution >= 0.6 is 11.3 Å². The monoisotopic (exact) mass is 268 g/mol. The van der Waals surface area contributed by atoms with Gasteiger partial charge in [-0.1, -0.05) is 6.92 Å². The highest BCUT2D eigenvalue weighted by Gasteiger charge is 2.35. The smallest absolute Gasteiger partial charge is 0.260 e. The molecule has 7 heteroatoms. The van der Waals surface area contributed by atoms with Crippen molar-refractivity contribution in [1.82, 2.24) is 5.32 Å². The number of nitrogens with one attached hydrogen (secondary N) is 2. The Balaban J connectivity index is 2.39. The molecule has 2 atom stereocenters. The van der Waals surface area contributed by atoms with Gasteiger partial charge in [0.15, 0.2) is 0 Å². The van der Waals surface area contributed by atoms with Crippen molar-refractivity contribution in [2.75, 3.05) is 18.1 Å². The lowest BCUT2D eigenvalue weighted by molar-refractivity contribution is 0.0965. The number of thiophene rings is 1. The Morgan fingerprint density at radius 2 is 2.06 bits per heavy atom. The summed E-state index contributed by atoms with van der Waals surface area (Å²) in [6.07, 6.45) is 1.05. The van der Waals surface area contributed by atoms with Crippen LogP contribution in [0.4, 0.5) is 10.7 Å². The summed E-state index contributed by atoms with van der Waals surface area (Å²) in [7, 11) is 1.52. The normalized spacial score (nSPS) is 21.4. The first-order valence-corrected chi connectivity index (χ1v) is 6.48. The van der Waals surface area contributed by atoms with Crippen LogP contribution in [-0.4, -0.2) is 24.9 Å². The Morgan fingerprint density at radius 1 is 1.44 bits per heavy atom. The van der Waals surface area contributed by atoms with E-state index < -0.39 is 5.91 Å². The Hall–Kier alpha value is -1.76. The van der Waals surface area contributed by atoms with Crippen LogP contribution in [0.5, 0.6) is 0 Å². The zero-order chi connectivity index (χ0) is 13.4. The Kier molecular flexibility index (Phi) is 3.16. The van der Waals surface area contributed by atoms with Gasteiger partial charge in [0.25, 0.3) is 11.8 Å². The highest BCUT2D eigenvalue weighted by molar-refractivity contribution is 7.19. The lowest BCUT2D eigenvalue weighted by Crippen LogP contribution is -2.21. The average Bonchev–Trinajstić information content (AvgIpc) is 2.88. The number of hydrogen-bond donors (Lipinski definition) is 4. The van der Waals surface area contributed by atoms with Gasteiger partial charge >= 0.3 is 0 Å². The lowest BCUT2D eigenvalue weighted by Gasteiger charge is -2.06. The maximum absolute atomic E-state index is 11.8. The van der Waals surface area contributed by atoms with E-state index in [4.69, 9.17) is 11.5 Å². The minimum absolute atomic E-state index is 0.155. The maximum Gasteiger partial charge on any atom is 0.260 e. The first-order chi connectivity index (χ1) is 8.45. The van der Waals surface area contributed by atoms with Crippen molar-refractivity contribution >= 4 is 33.8 Å². The van der Waals surface area contributed by atoms with Crippen molar-refractivity contribution in [2.24, 2.45) is 11.7 Å². The molecule has 1 fully saturated rings. The van der Waals surface area contributed by atoms with Gasteiger partial charge in [0.2, 0.25) is 0 Å². The molecule has 1 heterocycles. The number of rotatable bonds is 4. The predicted molar refractivity (Wildman–Crippen MR) is 71.8 cm³/mol. The molecule has 1 saturated carbocycles. The summed E-state index contributed by atoms with van der Waals surface area (Å²) >= 11 is 1.14. The fourth-order valence-corrected chi connectivity index (χ4v) is 2.80. The van der Waals surface area contributed by atoms with Crippen molar-refractivity contribution in [3.8, 4) is 0 Å². The van der Waals surface area contributed by atoms with E-state index in [2.05, 4.69) is 17.6 Å². The van der Waals surface area contributed by atoms with E-state index in [-0.39, 0.29) is 16.5 Å². The van der Waals surface area contributed by atoms with Gasteiger partial charge in [-0.05, 0) is 12.3 Å². The molecule has 6 N–H and O–H groups in total. The molecular formula is C11H16N4O2S. The van der Waals surface area contributed by atoms with Crippen LogP contribution in [-0.2, 0) is 0 Å². The fourth-order valence-electron chi connectivity index (χ4n) is 1.77. The van der Waals surface area contributed by atoms with Crippen LogP contribution in [0.1, 0.15) is 33.4 Å². The molecule has 98 valence electrons. The van der Waals surface area contributed by atoms with Crippen LogP contribution in [0.3, 0.4) is 0 Å². The standard InChI is InChI=1S/C11H16N4O2S/c1-4-3-5(4)15-11-6(10(17)14-2)7(12)8(18-11)9(13)16/h4-5,15H,3,12H2,1-2H3,(H2,13,16)(H,14,17). The maximum atomic E-state index is 11.8. The van der Waals surface area contributed by atoms with Crippen LogP contribution in [0.2, 0.25) is 0 Å². The van der Waals surface area contributed by atoms with Crippen LogP contribution in [0, 0.1) is 5.92 Å². The molecule has 18 heavy (non-hydrogen) atoms.